The Bertz CT molecular complexity index is 463. The maximum absolute atomic E-state index is 11.9. The summed E-state index contributed by atoms with van der Waals surface area (Å²) in [5.41, 5.74) is -1.27. The van der Waals surface area contributed by atoms with Gasteiger partial charge in [0.25, 0.3) is 5.91 Å². The van der Waals surface area contributed by atoms with Crippen molar-refractivity contribution >= 4 is 23.5 Å². The Balaban J connectivity index is 2.93. The largest absolute Gasteiger partial charge is 0.467 e. The highest BCUT2D eigenvalue weighted by Gasteiger charge is 2.36. The quantitative estimate of drug-likeness (QED) is 0.801. The zero-order valence-electron chi connectivity index (χ0n) is 10.1. The van der Waals surface area contributed by atoms with E-state index >= 15 is 0 Å². The molecule has 0 aromatic heterocycles. The lowest BCUT2D eigenvalue weighted by Crippen LogP contribution is -2.55. The number of aliphatic hydroxyl groups excluding tert-OH is 1. The van der Waals surface area contributed by atoms with Crippen LogP contribution in [0.1, 0.15) is 17.3 Å². The van der Waals surface area contributed by atoms with E-state index in [1.807, 2.05) is 0 Å². The molecule has 18 heavy (non-hydrogen) atoms. The highest BCUT2D eigenvalue weighted by Crippen LogP contribution is 2.16. The SMILES string of the molecule is COC(=O)[C@@](C)(CO)NC(=O)c1ccccc1Cl. The molecule has 0 fully saturated rings. The molecule has 1 atom stereocenters. The van der Waals surface area contributed by atoms with Crippen molar-refractivity contribution in [2.75, 3.05) is 13.7 Å². The first-order valence-electron chi connectivity index (χ1n) is 5.21. The van der Waals surface area contributed by atoms with E-state index in [0.717, 1.165) is 0 Å². The van der Waals surface area contributed by atoms with E-state index < -0.39 is 24.0 Å². The Labute approximate surface area is 110 Å². The monoisotopic (exact) mass is 271 g/mol. The van der Waals surface area contributed by atoms with E-state index in [-0.39, 0.29) is 10.6 Å². The van der Waals surface area contributed by atoms with Crippen molar-refractivity contribution in [1.82, 2.24) is 5.32 Å². The van der Waals surface area contributed by atoms with E-state index in [1.54, 1.807) is 18.2 Å². The maximum Gasteiger partial charge on any atom is 0.333 e. The number of rotatable bonds is 4. The van der Waals surface area contributed by atoms with E-state index in [2.05, 4.69) is 10.1 Å². The molecule has 0 aliphatic carbocycles. The van der Waals surface area contributed by atoms with Crippen LogP contribution < -0.4 is 5.32 Å². The van der Waals surface area contributed by atoms with Crippen molar-refractivity contribution in [3.8, 4) is 0 Å². The Morgan fingerprint density at radius 2 is 2.06 bits per heavy atom. The van der Waals surface area contributed by atoms with Crippen molar-refractivity contribution in [3.05, 3.63) is 34.9 Å². The normalized spacial score (nSPS) is 13.6. The summed E-state index contributed by atoms with van der Waals surface area (Å²) in [6, 6.07) is 6.41. The van der Waals surface area contributed by atoms with Crippen molar-refractivity contribution in [2.24, 2.45) is 0 Å². The fraction of sp³-hybridized carbons (Fsp3) is 0.333. The van der Waals surface area contributed by atoms with Crippen LogP contribution in [0.25, 0.3) is 0 Å². The minimum Gasteiger partial charge on any atom is -0.467 e. The lowest BCUT2D eigenvalue weighted by atomic mass is 10.0. The van der Waals surface area contributed by atoms with E-state index in [1.165, 1.54) is 20.1 Å². The van der Waals surface area contributed by atoms with Crippen LogP contribution in [0.15, 0.2) is 24.3 Å². The van der Waals surface area contributed by atoms with E-state index in [4.69, 9.17) is 11.6 Å². The van der Waals surface area contributed by atoms with E-state index in [0.29, 0.717) is 0 Å². The van der Waals surface area contributed by atoms with Crippen LogP contribution in [0.5, 0.6) is 0 Å². The summed E-state index contributed by atoms with van der Waals surface area (Å²) in [5.74, 6) is -1.28. The van der Waals surface area contributed by atoms with Gasteiger partial charge in [-0.1, -0.05) is 23.7 Å². The van der Waals surface area contributed by atoms with Gasteiger partial charge in [0.15, 0.2) is 5.54 Å². The van der Waals surface area contributed by atoms with Crippen LogP contribution in [-0.2, 0) is 9.53 Å². The van der Waals surface area contributed by atoms with Crippen LogP contribution in [0.2, 0.25) is 5.02 Å². The maximum atomic E-state index is 11.9. The van der Waals surface area contributed by atoms with Crippen LogP contribution in [0.4, 0.5) is 0 Å². The highest BCUT2D eigenvalue weighted by molar-refractivity contribution is 6.33. The fourth-order valence-corrected chi connectivity index (χ4v) is 1.57. The summed E-state index contributed by atoms with van der Waals surface area (Å²) in [7, 11) is 1.18. The Kier molecular flexibility index (Phi) is 4.69. The van der Waals surface area contributed by atoms with Crippen LogP contribution in [0, 0.1) is 0 Å². The number of hydrogen-bond acceptors (Lipinski definition) is 4. The number of hydrogen-bond donors (Lipinski definition) is 2. The number of carbonyl (C=O) groups is 2. The van der Waals surface area contributed by atoms with Crippen molar-refractivity contribution < 1.29 is 19.4 Å². The number of methoxy groups -OCH3 is 1. The summed E-state index contributed by atoms with van der Waals surface area (Å²) < 4.78 is 4.53. The lowest BCUT2D eigenvalue weighted by Gasteiger charge is -2.25. The van der Waals surface area contributed by atoms with Crippen molar-refractivity contribution in [3.63, 3.8) is 0 Å². The standard InChI is InChI=1S/C12H14ClNO4/c1-12(7-15,11(17)18-2)14-10(16)8-5-3-4-6-9(8)13/h3-6,15H,7H2,1-2H3,(H,14,16)/t12-/m1/s1. The minimum atomic E-state index is -1.50. The predicted molar refractivity (Wildman–Crippen MR) is 66.4 cm³/mol. The van der Waals surface area contributed by atoms with Crippen LogP contribution in [0.3, 0.4) is 0 Å². The molecular weight excluding hydrogens is 258 g/mol. The van der Waals surface area contributed by atoms with Gasteiger partial charge in [-0.05, 0) is 19.1 Å². The summed E-state index contributed by atoms with van der Waals surface area (Å²) in [6.45, 7) is 0.795. The van der Waals surface area contributed by atoms with Gasteiger partial charge in [0.2, 0.25) is 0 Å². The molecule has 1 rings (SSSR count). The van der Waals surface area contributed by atoms with E-state index in [9.17, 15) is 14.7 Å². The molecule has 0 aliphatic rings. The smallest absolute Gasteiger partial charge is 0.333 e. The third-order valence-corrected chi connectivity index (χ3v) is 2.79. The Morgan fingerprint density at radius 3 is 2.56 bits per heavy atom. The average molecular weight is 272 g/mol. The van der Waals surface area contributed by atoms with Gasteiger partial charge in [-0.25, -0.2) is 4.79 Å². The van der Waals surface area contributed by atoms with Gasteiger partial charge in [-0.2, -0.15) is 0 Å². The topological polar surface area (TPSA) is 75.6 Å². The predicted octanol–water partition coefficient (Wildman–Crippen LogP) is 0.994. The molecule has 1 aromatic carbocycles. The van der Waals surface area contributed by atoms with Gasteiger partial charge in [-0.3, -0.25) is 4.79 Å². The summed E-state index contributed by atoms with van der Waals surface area (Å²) in [4.78, 5) is 23.4. The van der Waals surface area contributed by atoms with Crippen LogP contribution >= 0.6 is 11.6 Å². The zero-order chi connectivity index (χ0) is 13.8. The molecule has 1 amide bonds. The van der Waals surface area contributed by atoms with Gasteiger partial charge in [-0.15, -0.1) is 0 Å². The molecular formula is C12H14ClNO4. The first kappa shape index (κ1) is 14.5. The third-order valence-electron chi connectivity index (χ3n) is 2.46. The fourth-order valence-electron chi connectivity index (χ4n) is 1.34. The molecule has 0 radical (unpaired) electrons. The molecule has 6 heteroatoms. The molecule has 5 nitrogen and oxygen atoms in total. The molecule has 0 saturated carbocycles. The summed E-state index contributed by atoms with van der Waals surface area (Å²) >= 11 is 5.87. The number of ether oxygens (including phenoxy) is 1. The zero-order valence-corrected chi connectivity index (χ0v) is 10.8. The molecule has 0 spiro atoms. The molecule has 2 N–H and O–H groups in total. The lowest BCUT2D eigenvalue weighted by molar-refractivity contribution is -0.149. The molecule has 0 heterocycles. The number of halogens is 1. The average Bonchev–Trinajstić information content (AvgIpc) is 2.37. The summed E-state index contributed by atoms with van der Waals surface area (Å²) in [5, 5.41) is 11.9. The van der Waals surface area contributed by atoms with Gasteiger partial charge in [0.05, 0.1) is 24.3 Å². The second-order valence-corrected chi connectivity index (χ2v) is 4.32. The highest BCUT2D eigenvalue weighted by atomic mass is 35.5. The number of amides is 1. The Morgan fingerprint density at radius 1 is 1.44 bits per heavy atom. The second kappa shape index (κ2) is 5.84. The molecule has 0 bridgehead atoms. The van der Waals surface area contributed by atoms with Crippen molar-refractivity contribution in [2.45, 2.75) is 12.5 Å². The van der Waals surface area contributed by atoms with Gasteiger partial charge in [0, 0.05) is 0 Å². The molecule has 0 unspecified atom stereocenters. The third kappa shape index (κ3) is 3.00. The molecule has 98 valence electrons. The number of nitrogens with one attached hydrogen (secondary N) is 1. The summed E-state index contributed by atoms with van der Waals surface area (Å²) in [6.07, 6.45) is 0. The number of benzene rings is 1. The number of aliphatic hydroxyl groups is 1. The first-order chi connectivity index (χ1) is 8.44. The Hall–Kier alpha value is -1.59. The molecule has 0 saturated heterocycles. The number of esters is 1. The first-order valence-corrected chi connectivity index (χ1v) is 5.58. The van der Waals surface area contributed by atoms with Gasteiger partial charge < -0.3 is 15.2 Å². The van der Waals surface area contributed by atoms with Crippen molar-refractivity contribution in [1.29, 1.82) is 0 Å². The second-order valence-electron chi connectivity index (χ2n) is 3.92. The van der Waals surface area contributed by atoms with Crippen LogP contribution in [-0.4, -0.2) is 36.2 Å². The van der Waals surface area contributed by atoms with Gasteiger partial charge >= 0.3 is 5.97 Å². The molecule has 1 aromatic rings. The minimum absolute atomic E-state index is 0.225. The molecule has 0 aliphatic heterocycles. The number of carbonyl (C=O) groups excluding carboxylic acids is 2. The van der Waals surface area contributed by atoms with Gasteiger partial charge in [0.1, 0.15) is 0 Å².